The second kappa shape index (κ2) is 8.14. The van der Waals surface area contributed by atoms with Crippen LogP contribution >= 0.6 is 0 Å². The van der Waals surface area contributed by atoms with Gasteiger partial charge in [-0.1, -0.05) is 20.8 Å². The number of piperidine rings is 1. The van der Waals surface area contributed by atoms with Crippen molar-refractivity contribution in [3.63, 3.8) is 0 Å². The third-order valence-electron chi connectivity index (χ3n) is 6.20. The van der Waals surface area contributed by atoms with Gasteiger partial charge in [0.15, 0.2) is 8.32 Å². The highest BCUT2D eigenvalue weighted by Crippen LogP contribution is 2.40. The van der Waals surface area contributed by atoms with Crippen molar-refractivity contribution < 1.29 is 14.3 Å². The fourth-order valence-corrected chi connectivity index (χ4v) is 5.07. The van der Waals surface area contributed by atoms with Crippen molar-refractivity contribution in [3.8, 4) is 0 Å². The van der Waals surface area contributed by atoms with Crippen molar-refractivity contribution >= 4 is 25.8 Å². The zero-order chi connectivity index (χ0) is 22.2. The molecule has 1 saturated heterocycles. The molecule has 0 unspecified atom stereocenters. The Labute approximate surface area is 176 Å². The van der Waals surface area contributed by atoms with Gasteiger partial charge in [0.1, 0.15) is 0 Å². The first kappa shape index (κ1) is 23.5. The van der Waals surface area contributed by atoms with E-state index in [0.717, 1.165) is 18.7 Å². The van der Waals surface area contributed by atoms with Gasteiger partial charge in [0.25, 0.3) is 0 Å². The van der Waals surface area contributed by atoms with E-state index in [0.29, 0.717) is 12.2 Å². The maximum atomic E-state index is 12.3. The molecule has 2 heterocycles. The van der Waals surface area contributed by atoms with Gasteiger partial charge in [-0.05, 0) is 51.4 Å². The van der Waals surface area contributed by atoms with Crippen LogP contribution in [0.1, 0.15) is 48.0 Å². The minimum atomic E-state index is -2.06. The number of nitrogens with zero attached hydrogens (tertiary/aromatic N) is 3. The molecule has 0 saturated carbocycles. The minimum absolute atomic E-state index is 0.0556. The molecule has 0 radical (unpaired) electrons. The number of rotatable bonds is 4. The predicted octanol–water partition coefficient (Wildman–Crippen LogP) is 4.41. The first-order chi connectivity index (χ1) is 13.1. The molecule has 1 amide bonds. The van der Waals surface area contributed by atoms with Gasteiger partial charge in [0, 0.05) is 24.8 Å². The molecule has 164 valence electrons. The van der Waals surface area contributed by atoms with Crippen molar-refractivity contribution in [1.29, 1.82) is 0 Å². The summed E-state index contributed by atoms with van der Waals surface area (Å²) in [7, 11) is -2.06. The van der Waals surface area contributed by atoms with E-state index in [9.17, 15) is 9.90 Å². The first-order valence-corrected chi connectivity index (χ1v) is 13.2. The van der Waals surface area contributed by atoms with Crippen molar-refractivity contribution in [2.75, 3.05) is 23.7 Å². The van der Waals surface area contributed by atoms with Gasteiger partial charge in [-0.3, -0.25) is 9.88 Å². The van der Waals surface area contributed by atoms with Crippen LogP contribution in [0.15, 0.2) is 18.5 Å². The fourth-order valence-electron chi connectivity index (χ4n) is 3.68. The Morgan fingerprint density at radius 3 is 2.41 bits per heavy atom. The van der Waals surface area contributed by atoms with Crippen LogP contribution < -0.4 is 10.6 Å². The first-order valence-electron chi connectivity index (χ1n) is 10.3. The molecular weight excluding hydrogens is 384 g/mol. The highest BCUT2D eigenvalue weighted by molar-refractivity contribution is 6.74. The van der Waals surface area contributed by atoms with E-state index in [2.05, 4.69) is 43.7 Å². The van der Waals surface area contributed by atoms with Crippen molar-refractivity contribution in [3.05, 3.63) is 18.5 Å². The average molecular weight is 423 g/mol. The van der Waals surface area contributed by atoms with E-state index < -0.39 is 19.9 Å². The summed E-state index contributed by atoms with van der Waals surface area (Å²) in [6.07, 6.45) is 3.04. The summed E-state index contributed by atoms with van der Waals surface area (Å²) in [4.78, 5) is 20.1. The molecule has 8 heteroatoms. The lowest BCUT2D eigenvalue weighted by Gasteiger charge is -2.51. The van der Waals surface area contributed by atoms with Crippen LogP contribution in [-0.2, 0) is 4.43 Å². The zero-order valence-electron chi connectivity index (χ0n) is 19.2. The number of aromatic nitrogens is 1. The van der Waals surface area contributed by atoms with E-state index in [4.69, 9.17) is 10.2 Å². The number of nitrogens with two attached hydrogens (primary N) is 1. The van der Waals surface area contributed by atoms with E-state index in [1.807, 2.05) is 26.8 Å². The van der Waals surface area contributed by atoms with E-state index >= 15 is 0 Å². The van der Waals surface area contributed by atoms with Gasteiger partial charge in [0.05, 0.1) is 29.7 Å². The third-order valence-corrected chi connectivity index (χ3v) is 10.7. The molecule has 1 aliphatic rings. The highest BCUT2D eigenvalue weighted by atomic mass is 28.4. The number of anilines is 2. The Morgan fingerprint density at radius 1 is 1.31 bits per heavy atom. The van der Waals surface area contributed by atoms with Crippen molar-refractivity contribution in [2.24, 2.45) is 0 Å². The van der Waals surface area contributed by atoms with Crippen molar-refractivity contribution in [1.82, 2.24) is 9.88 Å². The van der Waals surface area contributed by atoms with Gasteiger partial charge in [-0.15, -0.1) is 0 Å². The van der Waals surface area contributed by atoms with Crippen LogP contribution in [0.25, 0.3) is 0 Å². The molecule has 2 rings (SSSR count). The van der Waals surface area contributed by atoms with Gasteiger partial charge >= 0.3 is 6.09 Å². The third kappa shape index (κ3) is 5.22. The largest absolute Gasteiger partial charge is 0.465 e. The van der Waals surface area contributed by atoms with Crippen LogP contribution in [-0.4, -0.2) is 60.2 Å². The molecule has 0 aromatic carbocycles. The number of nitrogen functional groups attached to an aromatic ring is 1. The second-order valence-electron chi connectivity index (χ2n) is 10.5. The molecular formula is C21H38N4O3Si. The molecule has 2 atom stereocenters. The smallest absolute Gasteiger partial charge is 0.408 e. The lowest BCUT2D eigenvalue weighted by atomic mass is 9.95. The fraction of sp³-hybridized carbons (Fsp3) is 0.714. The monoisotopic (exact) mass is 422 g/mol. The summed E-state index contributed by atoms with van der Waals surface area (Å²) in [5, 5.41) is 10.1. The summed E-state index contributed by atoms with van der Waals surface area (Å²) < 4.78 is 6.76. The maximum Gasteiger partial charge on any atom is 0.408 e. The van der Waals surface area contributed by atoms with Gasteiger partial charge in [-0.25, -0.2) is 4.79 Å². The molecule has 1 fully saturated rings. The van der Waals surface area contributed by atoms with E-state index in [-0.39, 0.29) is 17.2 Å². The molecule has 3 N–H and O–H groups in total. The van der Waals surface area contributed by atoms with Gasteiger partial charge in [-0.2, -0.15) is 0 Å². The number of pyridine rings is 1. The standard InChI is InChI=1S/C21H38N4O3Si/c1-20(2,3)25(19(26)27)17-14-24(16-9-11-23-13-15(16)22)12-10-18(17)28-29(7,8)21(4,5)6/h9,11,13,17-18H,10,12,14,22H2,1-8H3,(H,26,27)/t17-,18-/m1/s1. The molecule has 0 aliphatic carbocycles. The normalized spacial score (nSPS) is 21.2. The predicted molar refractivity (Wildman–Crippen MR) is 121 cm³/mol. The molecule has 1 aromatic heterocycles. The quantitative estimate of drug-likeness (QED) is 0.698. The summed E-state index contributed by atoms with van der Waals surface area (Å²) in [6, 6.07) is 1.60. The Bertz CT molecular complexity index is 727. The molecule has 0 spiro atoms. The molecule has 1 aliphatic heterocycles. The summed E-state index contributed by atoms with van der Waals surface area (Å²) in [5.41, 5.74) is 7.11. The SMILES string of the molecule is CC(C)(C)N(C(=O)O)[C@@H]1CN(c2ccncc2N)CC[C@H]1O[Si](C)(C)C(C)(C)C. The number of amides is 1. The van der Waals surface area contributed by atoms with Crippen molar-refractivity contribution in [2.45, 2.75) is 83.8 Å². The van der Waals surface area contributed by atoms with E-state index in [1.165, 1.54) is 0 Å². The maximum absolute atomic E-state index is 12.3. The molecule has 0 bridgehead atoms. The molecule has 29 heavy (non-hydrogen) atoms. The number of hydrogen-bond acceptors (Lipinski definition) is 5. The summed E-state index contributed by atoms with van der Waals surface area (Å²) >= 11 is 0. The van der Waals surface area contributed by atoms with Crippen LogP contribution in [0.3, 0.4) is 0 Å². The Kier molecular flexibility index (Phi) is 6.59. The minimum Gasteiger partial charge on any atom is -0.465 e. The number of hydrogen-bond donors (Lipinski definition) is 2. The second-order valence-corrected chi connectivity index (χ2v) is 15.2. The van der Waals surface area contributed by atoms with E-state index in [1.54, 1.807) is 17.3 Å². The van der Waals surface area contributed by atoms with Crippen LogP contribution in [0.5, 0.6) is 0 Å². The molecule has 1 aromatic rings. The van der Waals surface area contributed by atoms with Gasteiger partial charge in [0.2, 0.25) is 0 Å². The zero-order valence-corrected chi connectivity index (χ0v) is 20.2. The average Bonchev–Trinajstić information content (AvgIpc) is 2.54. The Morgan fingerprint density at radius 2 is 1.93 bits per heavy atom. The van der Waals surface area contributed by atoms with Crippen LogP contribution in [0.2, 0.25) is 18.1 Å². The topological polar surface area (TPSA) is 91.9 Å². The number of carbonyl (C=O) groups is 1. The van der Waals surface area contributed by atoms with Crippen LogP contribution in [0.4, 0.5) is 16.2 Å². The lowest BCUT2D eigenvalue weighted by molar-refractivity contribution is 0.00481. The summed E-state index contributed by atoms with van der Waals surface area (Å²) in [5.74, 6) is 0. The highest BCUT2D eigenvalue weighted by Gasteiger charge is 2.46. The number of carboxylic acid groups (broad SMARTS) is 1. The summed E-state index contributed by atoms with van der Waals surface area (Å²) in [6.45, 7) is 18.2. The Balaban J connectivity index is 2.41. The Hall–Kier alpha value is -1.80. The van der Waals surface area contributed by atoms with Crippen LogP contribution in [0, 0.1) is 0 Å². The van der Waals surface area contributed by atoms with Gasteiger partial charge < -0.3 is 20.2 Å². The molecule has 7 nitrogen and oxygen atoms in total. The lowest BCUT2D eigenvalue weighted by Crippen LogP contribution is -2.64.